The Bertz CT molecular complexity index is 1890. The third kappa shape index (κ3) is 6.45. The quantitative estimate of drug-likeness (QED) is 0.103. The van der Waals surface area contributed by atoms with Gasteiger partial charge in [0.2, 0.25) is 0 Å². The molecule has 238 valence electrons. The summed E-state index contributed by atoms with van der Waals surface area (Å²) in [5.74, 6) is -0.101. The zero-order chi connectivity index (χ0) is 32.8. The molecule has 0 aliphatic rings. The number of nitrogens with zero attached hydrogens (tertiary/aromatic N) is 2. The van der Waals surface area contributed by atoms with E-state index in [0.717, 1.165) is 11.1 Å². The minimum Gasteiger partial charge on any atom is -0.504 e. The van der Waals surface area contributed by atoms with Crippen LogP contribution in [0.3, 0.4) is 0 Å². The summed E-state index contributed by atoms with van der Waals surface area (Å²) < 4.78 is 17.2. The fourth-order valence-corrected chi connectivity index (χ4v) is 5.34. The maximum atomic E-state index is 12.8. The molecule has 0 spiro atoms. The normalized spacial score (nSPS) is 11.0. The van der Waals surface area contributed by atoms with Gasteiger partial charge in [0, 0.05) is 11.1 Å². The lowest BCUT2D eigenvalue weighted by Crippen LogP contribution is -2.20. The van der Waals surface area contributed by atoms with E-state index in [2.05, 4.69) is 25.7 Å². The van der Waals surface area contributed by atoms with Crippen LogP contribution in [0, 0.1) is 0 Å². The molecule has 0 fully saturated rings. The molecule has 0 saturated carbocycles. The molecule has 11 nitrogen and oxygen atoms in total. The second-order valence-electron chi connectivity index (χ2n) is 10.5. The number of rotatable bonds is 12. The smallest absolute Gasteiger partial charge is 0.262 e. The second kappa shape index (κ2) is 13.8. The number of amides is 1. The number of aromatic nitrogens is 4. The van der Waals surface area contributed by atoms with Gasteiger partial charge < -0.3 is 29.7 Å². The fraction of sp³-hybridized carbons (Fsp3) is 0.139. The van der Waals surface area contributed by atoms with Crippen molar-refractivity contribution in [3.05, 3.63) is 120 Å². The Morgan fingerprint density at radius 3 is 1.89 bits per heavy atom. The van der Waals surface area contributed by atoms with E-state index in [-0.39, 0.29) is 24.0 Å². The van der Waals surface area contributed by atoms with Crippen LogP contribution in [-0.2, 0) is 4.79 Å². The van der Waals surface area contributed by atoms with Crippen molar-refractivity contribution >= 4 is 11.6 Å². The molecule has 0 unspecified atom stereocenters. The molecule has 0 aliphatic heterocycles. The number of nitrogens with one attached hydrogen (secondary N) is 3. The molecular formula is C36H33N5O6. The van der Waals surface area contributed by atoms with E-state index >= 15 is 0 Å². The molecule has 4 aromatic carbocycles. The van der Waals surface area contributed by atoms with Crippen LogP contribution in [0.1, 0.15) is 29.8 Å². The Labute approximate surface area is 270 Å². The Hall–Kier alpha value is -6.23. The summed E-state index contributed by atoms with van der Waals surface area (Å²) in [5, 5.41) is 40.6. The average Bonchev–Trinajstić information content (AvgIpc) is 3.67. The first-order valence-electron chi connectivity index (χ1n) is 15.0. The summed E-state index contributed by atoms with van der Waals surface area (Å²) in [7, 11) is 1.53. The van der Waals surface area contributed by atoms with E-state index in [0.29, 0.717) is 57.9 Å². The lowest BCUT2D eigenvalue weighted by atomic mass is 9.90. The van der Waals surface area contributed by atoms with Crippen molar-refractivity contribution in [2.24, 2.45) is 0 Å². The maximum absolute atomic E-state index is 12.8. The standard InChI is InChI=1S/C36H33N5O6/c1-3-46-28-20-24(18-19-27(28)47-21-29(42)37-25-16-10-11-17-26(25)45-2)30(33-35(43)31(38-40-33)22-12-6-4-7-13-22)34-36(44)32(39-41-34)23-14-8-5-9-15-23/h4-20,30,43-44H,3,21H2,1-2H3,(H,37,42)(H,38,40)(H,39,41). The molecule has 47 heavy (non-hydrogen) atoms. The van der Waals surface area contributed by atoms with Gasteiger partial charge in [-0.05, 0) is 36.8 Å². The first kappa shape index (κ1) is 30.8. The molecule has 2 heterocycles. The van der Waals surface area contributed by atoms with Crippen molar-refractivity contribution in [2.75, 3.05) is 25.6 Å². The summed E-state index contributed by atoms with van der Waals surface area (Å²) in [6.45, 7) is 1.87. The summed E-state index contributed by atoms with van der Waals surface area (Å²) in [6, 6.07) is 30.9. The first-order chi connectivity index (χ1) is 23.0. The third-order valence-corrected chi connectivity index (χ3v) is 7.55. The first-order valence-corrected chi connectivity index (χ1v) is 15.0. The van der Waals surface area contributed by atoms with Gasteiger partial charge in [0.1, 0.15) is 17.1 Å². The van der Waals surface area contributed by atoms with E-state index in [1.807, 2.05) is 73.7 Å². The Balaban J connectivity index is 1.36. The van der Waals surface area contributed by atoms with Gasteiger partial charge in [0.15, 0.2) is 29.6 Å². The molecule has 0 aliphatic carbocycles. The molecule has 0 radical (unpaired) electrons. The second-order valence-corrected chi connectivity index (χ2v) is 10.5. The largest absolute Gasteiger partial charge is 0.504 e. The molecule has 6 aromatic rings. The highest BCUT2D eigenvalue weighted by Crippen LogP contribution is 2.45. The summed E-state index contributed by atoms with van der Waals surface area (Å²) in [4.78, 5) is 12.8. The fourth-order valence-electron chi connectivity index (χ4n) is 5.34. The minimum atomic E-state index is -0.785. The van der Waals surface area contributed by atoms with E-state index in [4.69, 9.17) is 14.2 Å². The molecule has 0 atom stereocenters. The number of aromatic hydroxyl groups is 2. The van der Waals surface area contributed by atoms with Crippen LogP contribution in [0.25, 0.3) is 22.5 Å². The highest BCUT2D eigenvalue weighted by molar-refractivity contribution is 5.93. The predicted octanol–water partition coefficient (Wildman–Crippen LogP) is 6.48. The van der Waals surface area contributed by atoms with Crippen molar-refractivity contribution in [2.45, 2.75) is 12.8 Å². The molecule has 11 heteroatoms. The molecule has 2 aromatic heterocycles. The summed E-state index contributed by atoms with van der Waals surface area (Å²) >= 11 is 0. The van der Waals surface area contributed by atoms with Crippen LogP contribution in [0.15, 0.2) is 103 Å². The van der Waals surface area contributed by atoms with Crippen LogP contribution in [0.4, 0.5) is 5.69 Å². The van der Waals surface area contributed by atoms with E-state index in [1.54, 1.807) is 36.4 Å². The number of hydrogen-bond acceptors (Lipinski definition) is 8. The molecule has 6 rings (SSSR count). The topological polar surface area (TPSA) is 155 Å². The number of aromatic amines is 2. The predicted molar refractivity (Wildman–Crippen MR) is 177 cm³/mol. The molecule has 0 saturated heterocycles. The number of benzene rings is 4. The average molecular weight is 632 g/mol. The van der Waals surface area contributed by atoms with Crippen molar-refractivity contribution in [1.29, 1.82) is 0 Å². The van der Waals surface area contributed by atoms with Gasteiger partial charge in [-0.3, -0.25) is 15.0 Å². The van der Waals surface area contributed by atoms with E-state index in [9.17, 15) is 15.0 Å². The Kier molecular flexibility index (Phi) is 9.05. The van der Waals surface area contributed by atoms with Gasteiger partial charge in [-0.2, -0.15) is 10.2 Å². The number of methoxy groups -OCH3 is 1. The van der Waals surface area contributed by atoms with Gasteiger partial charge in [0.25, 0.3) is 5.91 Å². The number of para-hydroxylation sites is 2. The van der Waals surface area contributed by atoms with Crippen LogP contribution >= 0.6 is 0 Å². The van der Waals surface area contributed by atoms with Crippen LogP contribution in [0.2, 0.25) is 0 Å². The highest BCUT2D eigenvalue weighted by Gasteiger charge is 2.31. The maximum Gasteiger partial charge on any atom is 0.262 e. The van der Waals surface area contributed by atoms with Gasteiger partial charge >= 0.3 is 0 Å². The minimum absolute atomic E-state index is 0.0808. The monoisotopic (exact) mass is 631 g/mol. The molecular weight excluding hydrogens is 598 g/mol. The summed E-state index contributed by atoms with van der Waals surface area (Å²) in [5.41, 5.74) is 3.96. The van der Waals surface area contributed by atoms with Crippen molar-refractivity contribution < 1.29 is 29.2 Å². The van der Waals surface area contributed by atoms with Gasteiger partial charge in [-0.15, -0.1) is 0 Å². The lowest BCUT2D eigenvalue weighted by Gasteiger charge is -2.19. The van der Waals surface area contributed by atoms with Crippen molar-refractivity contribution in [1.82, 2.24) is 20.4 Å². The van der Waals surface area contributed by atoms with Crippen molar-refractivity contribution in [3.8, 4) is 51.3 Å². The number of carbonyl (C=O) groups is 1. The van der Waals surface area contributed by atoms with Gasteiger partial charge in [-0.1, -0.05) is 78.9 Å². The number of carbonyl (C=O) groups excluding carboxylic acids is 1. The highest BCUT2D eigenvalue weighted by atomic mass is 16.5. The zero-order valence-electron chi connectivity index (χ0n) is 25.7. The van der Waals surface area contributed by atoms with E-state index < -0.39 is 5.92 Å². The summed E-state index contributed by atoms with van der Waals surface area (Å²) in [6.07, 6.45) is 0. The van der Waals surface area contributed by atoms with E-state index in [1.165, 1.54) is 7.11 Å². The number of hydrogen-bond donors (Lipinski definition) is 5. The number of anilines is 1. The number of ether oxygens (including phenoxy) is 3. The molecule has 5 N–H and O–H groups in total. The third-order valence-electron chi connectivity index (χ3n) is 7.55. The number of H-pyrrole nitrogens is 2. The SMILES string of the molecule is CCOc1cc(C(c2[nH]nc(-c3ccccc3)c2O)c2[nH]nc(-c3ccccc3)c2O)ccc1OCC(=O)Nc1ccccc1OC. The van der Waals surface area contributed by atoms with Crippen molar-refractivity contribution in [3.63, 3.8) is 0 Å². The van der Waals surface area contributed by atoms with Crippen LogP contribution in [0.5, 0.6) is 28.7 Å². The Morgan fingerprint density at radius 2 is 1.32 bits per heavy atom. The molecule has 1 amide bonds. The molecule has 0 bridgehead atoms. The Morgan fingerprint density at radius 1 is 0.745 bits per heavy atom. The van der Waals surface area contributed by atoms with Crippen LogP contribution < -0.4 is 19.5 Å². The lowest BCUT2D eigenvalue weighted by molar-refractivity contribution is -0.118. The van der Waals surface area contributed by atoms with Crippen LogP contribution in [-0.4, -0.2) is 56.8 Å². The zero-order valence-corrected chi connectivity index (χ0v) is 25.7. The van der Waals surface area contributed by atoms with Gasteiger partial charge in [-0.25, -0.2) is 0 Å². The van der Waals surface area contributed by atoms with Gasteiger partial charge in [0.05, 0.1) is 36.7 Å².